The lowest BCUT2D eigenvalue weighted by Crippen LogP contribution is -2.28. The molecule has 2 rings (SSSR count). The second-order valence-corrected chi connectivity index (χ2v) is 4.57. The van der Waals surface area contributed by atoms with Gasteiger partial charge in [0.15, 0.2) is 5.78 Å². The van der Waals surface area contributed by atoms with Crippen LogP contribution < -0.4 is 4.90 Å². The maximum atomic E-state index is 12.5. The molecule has 0 saturated carbocycles. The normalized spacial score (nSPS) is 10.1. The van der Waals surface area contributed by atoms with Crippen LogP contribution in [0.1, 0.15) is 15.9 Å². The van der Waals surface area contributed by atoms with Gasteiger partial charge >= 0.3 is 0 Å². The summed E-state index contributed by atoms with van der Waals surface area (Å²) >= 11 is 5.57. The van der Waals surface area contributed by atoms with Crippen molar-refractivity contribution < 1.29 is 9.59 Å². The number of hydrogen-bond acceptors (Lipinski definition) is 2. The molecule has 0 unspecified atom stereocenters. The molecule has 0 aliphatic carbocycles. The minimum absolute atomic E-state index is 0.115. The molecule has 0 fully saturated rings. The minimum Gasteiger partial charge on any atom is -0.314 e. The van der Waals surface area contributed by atoms with Crippen LogP contribution in [0.2, 0.25) is 0 Å². The van der Waals surface area contributed by atoms with Gasteiger partial charge in [-0.15, -0.1) is 11.6 Å². The highest BCUT2D eigenvalue weighted by Crippen LogP contribution is 2.22. The second kappa shape index (κ2) is 6.35. The lowest BCUT2D eigenvalue weighted by Gasteiger charge is -2.19. The highest BCUT2D eigenvalue weighted by molar-refractivity contribution is 6.29. The van der Waals surface area contributed by atoms with E-state index in [9.17, 15) is 9.59 Å². The van der Waals surface area contributed by atoms with Gasteiger partial charge in [-0.05, 0) is 12.1 Å². The largest absolute Gasteiger partial charge is 0.314 e. The first kappa shape index (κ1) is 14.3. The fraction of sp³-hybridized carbons (Fsp3) is 0.125. The quantitative estimate of drug-likeness (QED) is 0.640. The SMILES string of the molecule is CN(C(=O)CCl)c1ccccc1C(=O)c1ccccc1. The number of ketones is 1. The van der Waals surface area contributed by atoms with Crippen molar-refractivity contribution in [2.75, 3.05) is 17.8 Å². The molecule has 3 nitrogen and oxygen atoms in total. The van der Waals surface area contributed by atoms with Gasteiger partial charge in [-0.2, -0.15) is 0 Å². The molecule has 0 saturated heterocycles. The first-order chi connectivity index (χ1) is 9.65. The molecule has 20 heavy (non-hydrogen) atoms. The molecule has 0 bridgehead atoms. The Morgan fingerprint density at radius 3 is 2.25 bits per heavy atom. The zero-order chi connectivity index (χ0) is 14.5. The van der Waals surface area contributed by atoms with E-state index < -0.39 is 0 Å². The standard InChI is InChI=1S/C16H14ClNO2/c1-18(15(19)11-17)14-10-6-5-9-13(14)16(20)12-7-3-2-4-8-12/h2-10H,11H2,1H3. The molecular formula is C16H14ClNO2. The van der Waals surface area contributed by atoms with Crippen LogP contribution in [0.4, 0.5) is 5.69 Å². The Morgan fingerprint density at radius 1 is 1.00 bits per heavy atom. The van der Waals surface area contributed by atoms with E-state index in [1.165, 1.54) is 4.90 Å². The summed E-state index contributed by atoms with van der Waals surface area (Å²) in [5.41, 5.74) is 1.64. The molecule has 2 aromatic carbocycles. The third-order valence-corrected chi connectivity index (χ3v) is 3.26. The second-order valence-electron chi connectivity index (χ2n) is 4.30. The molecule has 0 spiro atoms. The number of amides is 1. The number of hydrogen-bond donors (Lipinski definition) is 0. The maximum absolute atomic E-state index is 12.5. The van der Waals surface area contributed by atoms with E-state index in [1.807, 2.05) is 18.2 Å². The van der Waals surface area contributed by atoms with Gasteiger partial charge in [0.2, 0.25) is 5.91 Å². The number of rotatable bonds is 4. The van der Waals surface area contributed by atoms with E-state index in [2.05, 4.69) is 0 Å². The lowest BCUT2D eigenvalue weighted by atomic mass is 10.0. The van der Waals surface area contributed by atoms with Gasteiger partial charge in [0.1, 0.15) is 5.88 Å². The van der Waals surface area contributed by atoms with Gasteiger partial charge in [0, 0.05) is 18.2 Å². The molecule has 0 heterocycles. The number of benzene rings is 2. The van der Waals surface area contributed by atoms with Gasteiger partial charge < -0.3 is 4.90 Å². The predicted octanol–water partition coefficient (Wildman–Crippen LogP) is 3.12. The van der Waals surface area contributed by atoms with Gasteiger partial charge in [-0.1, -0.05) is 42.5 Å². The predicted molar refractivity (Wildman–Crippen MR) is 80.4 cm³/mol. The highest BCUT2D eigenvalue weighted by atomic mass is 35.5. The number of halogens is 1. The number of anilines is 1. The van der Waals surface area contributed by atoms with Crippen molar-refractivity contribution in [3.05, 3.63) is 65.7 Å². The lowest BCUT2D eigenvalue weighted by molar-refractivity contribution is -0.116. The average Bonchev–Trinajstić information content (AvgIpc) is 2.53. The van der Waals surface area contributed by atoms with E-state index in [1.54, 1.807) is 43.4 Å². The summed E-state index contributed by atoms with van der Waals surface area (Å²) in [4.78, 5) is 25.6. The number of carbonyl (C=O) groups is 2. The smallest absolute Gasteiger partial charge is 0.241 e. The van der Waals surface area contributed by atoms with Crippen LogP contribution in [0.5, 0.6) is 0 Å². The van der Waals surface area contributed by atoms with Crippen molar-refractivity contribution >= 4 is 29.0 Å². The number of nitrogens with zero attached hydrogens (tertiary/aromatic N) is 1. The van der Waals surface area contributed by atoms with E-state index in [-0.39, 0.29) is 17.6 Å². The van der Waals surface area contributed by atoms with Crippen molar-refractivity contribution in [2.45, 2.75) is 0 Å². The Hall–Kier alpha value is -2.13. The van der Waals surface area contributed by atoms with Crippen molar-refractivity contribution in [3.63, 3.8) is 0 Å². The maximum Gasteiger partial charge on any atom is 0.241 e. The van der Waals surface area contributed by atoms with E-state index >= 15 is 0 Å². The number of alkyl halides is 1. The molecule has 0 aliphatic rings. The first-order valence-electron chi connectivity index (χ1n) is 6.16. The van der Waals surface area contributed by atoms with E-state index in [0.29, 0.717) is 16.8 Å². The molecule has 0 atom stereocenters. The third-order valence-electron chi connectivity index (χ3n) is 3.03. The van der Waals surface area contributed by atoms with Crippen molar-refractivity contribution in [1.29, 1.82) is 0 Å². The monoisotopic (exact) mass is 287 g/mol. The molecule has 0 aromatic heterocycles. The zero-order valence-electron chi connectivity index (χ0n) is 11.0. The summed E-state index contributed by atoms with van der Waals surface area (Å²) in [6.07, 6.45) is 0. The van der Waals surface area contributed by atoms with Gasteiger partial charge in [0.05, 0.1) is 5.69 Å². The minimum atomic E-state index is -0.250. The van der Waals surface area contributed by atoms with Crippen LogP contribution in [-0.2, 0) is 4.79 Å². The molecule has 2 aromatic rings. The molecular weight excluding hydrogens is 274 g/mol. The third kappa shape index (κ3) is 2.89. The summed E-state index contributed by atoms with van der Waals surface area (Å²) in [6.45, 7) is 0. The van der Waals surface area contributed by atoms with E-state index in [4.69, 9.17) is 11.6 Å². The Bertz CT molecular complexity index is 625. The fourth-order valence-electron chi connectivity index (χ4n) is 1.93. The Morgan fingerprint density at radius 2 is 1.60 bits per heavy atom. The first-order valence-corrected chi connectivity index (χ1v) is 6.70. The molecule has 102 valence electrons. The van der Waals surface area contributed by atoms with Crippen LogP contribution in [0.15, 0.2) is 54.6 Å². The molecule has 0 aliphatic heterocycles. The van der Waals surface area contributed by atoms with Crippen LogP contribution in [-0.4, -0.2) is 24.6 Å². The summed E-state index contributed by atoms with van der Waals surface area (Å²) in [5, 5.41) is 0. The van der Waals surface area contributed by atoms with Gasteiger partial charge in [-0.3, -0.25) is 9.59 Å². The van der Waals surface area contributed by atoms with Crippen LogP contribution in [0.25, 0.3) is 0 Å². The van der Waals surface area contributed by atoms with Crippen molar-refractivity contribution in [2.24, 2.45) is 0 Å². The van der Waals surface area contributed by atoms with Gasteiger partial charge in [0.25, 0.3) is 0 Å². The number of para-hydroxylation sites is 1. The highest BCUT2D eigenvalue weighted by Gasteiger charge is 2.18. The molecule has 0 N–H and O–H groups in total. The Labute approximate surface area is 122 Å². The van der Waals surface area contributed by atoms with Gasteiger partial charge in [-0.25, -0.2) is 0 Å². The topological polar surface area (TPSA) is 37.4 Å². The van der Waals surface area contributed by atoms with Crippen molar-refractivity contribution in [3.8, 4) is 0 Å². The van der Waals surface area contributed by atoms with Crippen molar-refractivity contribution in [1.82, 2.24) is 0 Å². The Kier molecular flexibility index (Phi) is 4.53. The van der Waals surface area contributed by atoms with Crippen LogP contribution in [0, 0.1) is 0 Å². The van der Waals surface area contributed by atoms with E-state index in [0.717, 1.165) is 0 Å². The zero-order valence-corrected chi connectivity index (χ0v) is 11.8. The molecule has 0 radical (unpaired) electrons. The molecule has 4 heteroatoms. The molecule has 1 amide bonds. The number of carbonyl (C=O) groups excluding carboxylic acids is 2. The fourth-order valence-corrected chi connectivity index (χ4v) is 2.11. The summed E-state index contributed by atoms with van der Waals surface area (Å²) < 4.78 is 0. The average molecular weight is 288 g/mol. The summed E-state index contributed by atoms with van der Waals surface area (Å²) in [5.74, 6) is -0.486. The summed E-state index contributed by atoms with van der Waals surface area (Å²) in [7, 11) is 1.61. The van der Waals surface area contributed by atoms with Crippen LogP contribution >= 0.6 is 11.6 Å². The van der Waals surface area contributed by atoms with Crippen LogP contribution in [0.3, 0.4) is 0 Å². The summed E-state index contributed by atoms with van der Waals surface area (Å²) in [6, 6.07) is 16.0. The Balaban J connectivity index is 2.43.